The minimum absolute atomic E-state index is 0. The smallest absolute Gasteiger partial charge is 0 e. The van der Waals surface area contributed by atoms with Gasteiger partial charge >= 0.3 is 33.7 Å². The summed E-state index contributed by atoms with van der Waals surface area (Å²) in [5.41, 5.74) is 0. The van der Waals surface area contributed by atoms with E-state index in [1.54, 1.807) is 0 Å². The molecule has 0 fully saturated rings. The van der Waals surface area contributed by atoms with Crippen LogP contribution in [0.15, 0.2) is 0 Å². The van der Waals surface area contributed by atoms with Gasteiger partial charge in [-0.3, -0.25) is 0 Å². The maximum atomic E-state index is 7.21. The van der Waals surface area contributed by atoms with Crippen LogP contribution in [-0.4, -0.2) is 48.8 Å². The van der Waals surface area contributed by atoms with Gasteiger partial charge in [-0.15, -0.1) is 0 Å². The molecule has 0 atom stereocenters. The molecule has 0 aromatic heterocycles. The Morgan fingerprint density at radius 3 is 0.875 bits per heavy atom. The molecule has 0 unspecified atom stereocenters. The zero-order valence-corrected chi connectivity index (χ0v) is 16.4. The van der Waals surface area contributed by atoms with Gasteiger partial charge in [-0.2, -0.15) is 0 Å². The summed E-state index contributed by atoms with van der Waals surface area (Å²) in [7, 11) is -2.17. The third kappa shape index (κ3) is 101. The Morgan fingerprint density at radius 2 is 0.875 bits per heavy atom. The van der Waals surface area contributed by atoms with Crippen LogP contribution in [0, 0.1) is 0 Å². The molecule has 0 aliphatic carbocycles. The van der Waals surface area contributed by atoms with Crippen LogP contribution in [0.4, 0.5) is 0 Å². The molecule has 0 aliphatic heterocycles. The van der Waals surface area contributed by atoms with Gasteiger partial charge in [0.1, 0.15) is 0 Å². The van der Waals surface area contributed by atoms with Crippen LogP contribution in [0.2, 0.25) is 0 Å². The molecule has 0 saturated carbocycles. The van der Waals surface area contributed by atoms with Crippen molar-refractivity contribution in [1.82, 2.24) is 0 Å². The van der Waals surface area contributed by atoms with Crippen LogP contribution in [0.3, 0.4) is 0 Å². The molecule has 4 N–H and O–H groups in total. The van der Waals surface area contributed by atoms with E-state index < -0.39 is 7.32 Å². The van der Waals surface area contributed by atoms with Crippen molar-refractivity contribution in [3.8, 4) is 0 Å². The monoisotopic (exact) mass is 330 g/mol. The molecule has 0 saturated heterocycles. The predicted molar refractivity (Wildman–Crippen MR) is 24.6 cm³/mol. The Kier molecular flexibility index (Phi) is 65.0. The van der Waals surface area contributed by atoms with E-state index in [1.165, 1.54) is 0 Å². The van der Waals surface area contributed by atoms with Crippen molar-refractivity contribution in [1.29, 1.82) is 0 Å². The van der Waals surface area contributed by atoms with Crippen LogP contribution < -0.4 is 0 Å². The molecule has 0 radical (unpaired) electrons. The SMILES string of the molecule is OB(O)O.[OH][SnH3].[Zn].[Zn]. The van der Waals surface area contributed by atoms with Crippen LogP contribution in [0.5, 0.6) is 0 Å². The molecule has 8 heteroatoms. The van der Waals surface area contributed by atoms with Gasteiger partial charge in [0.05, 0.1) is 0 Å². The second kappa shape index (κ2) is 23.1. The van der Waals surface area contributed by atoms with Crippen LogP contribution >= 0.6 is 0 Å². The first kappa shape index (κ1) is 22.5. The molecule has 8 heavy (non-hydrogen) atoms. The van der Waals surface area contributed by atoms with Crippen molar-refractivity contribution >= 4 is 30.3 Å². The molecular formula is H7BO4SnZn2. The fourth-order valence-corrected chi connectivity index (χ4v) is 0. The minimum Gasteiger partial charge on any atom is 0 e. The van der Waals surface area contributed by atoms with Gasteiger partial charge in [0.25, 0.3) is 0 Å². The molecule has 0 heterocycles. The van der Waals surface area contributed by atoms with Crippen molar-refractivity contribution in [3.63, 3.8) is 0 Å². The Hall–Kier alpha value is 1.95. The standard InChI is InChI=1S/BH3O3.H2O.Sn.2Zn.3H/c2-1(3)4;;;;;;;/h2-4H;1H2;;;;;;/q;;+1;;;;;/p-1. The fraction of sp³-hybridized carbons (Fsp3) is 0. The van der Waals surface area contributed by atoms with E-state index in [0.717, 1.165) is 0 Å². The number of hydrogen-bond donors (Lipinski definition) is 4. The Morgan fingerprint density at radius 1 is 0.875 bits per heavy atom. The first-order valence-corrected chi connectivity index (χ1v) is 3.77. The third-order valence-corrected chi connectivity index (χ3v) is 0. The van der Waals surface area contributed by atoms with E-state index in [-0.39, 0.29) is 61.9 Å². The van der Waals surface area contributed by atoms with Gasteiger partial charge in [-0.05, 0) is 0 Å². The van der Waals surface area contributed by atoms with Crippen LogP contribution in [0.25, 0.3) is 0 Å². The molecule has 42 valence electrons. The maximum Gasteiger partial charge on any atom is 0 e. The second-order valence-corrected chi connectivity index (χ2v) is 0.346. The molecule has 0 aromatic rings. The molecule has 0 spiro atoms. The van der Waals surface area contributed by atoms with E-state index in [2.05, 4.69) is 0 Å². The number of hydrogen-bond acceptors (Lipinski definition) is 4. The van der Waals surface area contributed by atoms with E-state index in [4.69, 9.17) is 18.5 Å². The normalized spacial score (nSPS) is 4.50. The van der Waals surface area contributed by atoms with Gasteiger partial charge in [-0.25, -0.2) is 0 Å². The summed E-state index contributed by atoms with van der Waals surface area (Å²) in [6, 6.07) is 0. The zero-order chi connectivity index (χ0) is 5.58. The van der Waals surface area contributed by atoms with Crippen molar-refractivity contribution in [3.05, 3.63) is 0 Å². The summed E-state index contributed by atoms with van der Waals surface area (Å²) >= 11 is -0.0500. The average molecular weight is 331 g/mol. The van der Waals surface area contributed by atoms with E-state index >= 15 is 0 Å². The van der Waals surface area contributed by atoms with Crippen molar-refractivity contribution < 1.29 is 57.5 Å². The Labute approximate surface area is 87.0 Å². The summed E-state index contributed by atoms with van der Waals surface area (Å²) in [4.78, 5) is 0. The van der Waals surface area contributed by atoms with Crippen LogP contribution in [-0.2, 0) is 39.0 Å². The Balaban J connectivity index is -0.0000000183. The topological polar surface area (TPSA) is 80.9 Å². The molecule has 0 aromatic carbocycles. The molecule has 0 aliphatic rings. The maximum absolute atomic E-state index is 7.21. The van der Waals surface area contributed by atoms with Crippen LogP contribution in [0.1, 0.15) is 0 Å². The van der Waals surface area contributed by atoms with Crippen molar-refractivity contribution in [2.24, 2.45) is 0 Å². The minimum atomic E-state index is -2.17. The van der Waals surface area contributed by atoms with E-state index in [1.807, 2.05) is 0 Å². The average Bonchev–Trinajstić information content (AvgIpc) is 1.41. The van der Waals surface area contributed by atoms with Gasteiger partial charge in [0, 0.05) is 39.0 Å². The van der Waals surface area contributed by atoms with Gasteiger partial charge in [0.15, 0.2) is 0 Å². The predicted octanol–water partition coefficient (Wildman–Crippen LogP) is -3.80. The molecule has 0 rings (SSSR count). The largest absolute Gasteiger partial charge is 0 e. The number of rotatable bonds is 0. The van der Waals surface area contributed by atoms with E-state index in [9.17, 15) is 0 Å². The van der Waals surface area contributed by atoms with Crippen molar-refractivity contribution in [2.75, 3.05) is 0 Å². The Bertz CT molecular complexity index is 18.8. The summed E-state index contributed by atoms with van der Waals surface area (Å²) in [5, 5.41) is 21.5. The first-order chi connectivity index (χ1) is 2.73. The van der Waals surface area contributed by atoms with Gasteiger partial charge in [-0.1, -0.05) is 0 Å². The van der Waals surface area contributed by atoms with E-state index in [0.29, 0.717) is 0 Å². The molecule has 4 nitrogen and oxygen atoms in total. The zero-order valence-electron chi connectivity index (χ0n) is 4.78. The molecule has 0 amide bonds. The molecular weight excluding hydrogens is 324 g/mol. The summed E-state index contributed by atoms with van der Waals surface area (Å²) in [6.45, 7) is 0. The second-order valence-electron chi connectivity index (χ2n) is 0.346. The third-order valence-electron chi connectivity index (χ3n) is 0. The summed E-state index contributed by atoms with van der Waals surface area (Å²) < 4.78 is 7.21. The van der Waals surface area contributed by atoms with Crippen molar-refractivity contribution in [2.45, 2.75) is 0 Å². The summed E-state index contributed by atoms with van der Waals surface area (Å²) in [5.74, 6) is 0. The fourth-order valence-electron chi connectivity index (χ4n) is 0. The van der Waals surface area contributed by atoms with Gasteiger partial charge < -0.3 is 15.1 Å². The summed E-state index contributed by atoms with van der Waals surface area (Å²) in [6.07, 6.45) is 0. The van der Waals surface area contributed by atoms with Gasteiger partial charge in [0.2, 0.25) is 0 Å². The first-order valence-electron chi connectivity index (χ1n) is 1.22. The molecule has 0 bridgehead atoms. The quantitative estimate of drug-likeness (QED) is 0.343.